The molecule has 1 saturated heterocycles. The summed E-state index contributed by atoms with van der Waals surface area (Å²) in [6.45, 7) is 1.81. The van der Waals surface area contributed by atoms with Gasteiger partial charge in [0, 0.05) is 7.05 Å². The van der Waals surface area contributed by atoms with Gasteiger partial charge in [0.05, 0.1) is 24.7 Å². The molecule has 3 heterocycles. The van der Waals surface area contributed by atoms with Crippen molar-refractivity contribution >= 4 is 11.0 Å². The number of hydrogen-bond acceptors (Lipinski definition) is 5. The van der Waals surface area contributed by atoms with Crippen LogP contribution in [0.4, 0.5) is 0 Å². The first-order chi connectivity index (χ1) is 9.07. The topological polar surface area (TPSA) is 85.0 Å². The molecule has 0 spiro atoms. The van der Waals surface area contributed by atoms with E-state index >= 15 is 0 Å². The summed E-state index contributed by atoms with van der Waals surface area (Å²) in [7, 11) is 1.76. The second-order valence-corrected chi connectivity index (χ2v) is 5.19. The average molecular weight is 263 g/mol. The number of aryl methyl sites for hydroxylation is 1. The highest BCUT2D eigenvalue weighted by molar-refractivity contribution is 5.71. The Bertz CT molecular complexity index is 654. The fraction of sp³-hybridized carbons (Fsp3) is 0.583. The van der Waals surface area contributed by atoms with Crippen molar-refractivity contribution in [3.8, 4) is 0 Å². The minimum Gasteiger partial charge on any atom is -0.388 e. The summed E-state index contributed by atoms with van der Waals surface area (Å²) < 4.78 is 3.03. The number of rotatable bonds is 2. The van der Waals surface area contributed by atoms with E-state index in [-0.39, 0.29) is 12.1 Å². The maximum absolute atomic E-state index is 12.3. The molecule has 102 valence electrons. The van der Waals surface area contributed by atoms with Crippen LogP contribution in [0.3, 0.4) is 0 Å². The van der Waals surface area contributed by atoms with Crippen LogP contribution in [0, 0.1) is 0 Å². The molecule has 0 atom stereocenters. The number of piperidine rings is 1. The van der Waals surface area contributed by atoms with Gasteiger partial charge in [-0.2, -0.15) is 5.10 Å². The smallest absolute Gasteiger partial charge is 0.281 e. The van der Waals surface area contributed by atoms with Gasteiger partial charge in [0.25, 0.3) is 5.56 Å². The van der Waals surface area contributed by atoms with Gasteiger partial charge in [0.2, 0.25) is 0 Å². The predicted octanol–water partition coefficient (Wildman–Crippen LogP) is -0.755. The van der Waals surface area contributed by atoms with E-state index in [0.29, 0.717) is 23.9 Å². The molecule has 0 unspecified atom stereocenters. The van der Waals surface area contributed by atoms with E-state index in [1.54, 1.807) is 17.9 Å². The van der Waals surface area contributed by atoms with Crippen LogP contribution in [0.1, 0.15) is 12.8 Å². The van der Waals surface area contributed by atoms with Gasteiger partial charge in [-0.25, -0.2) is 4.98 Å². The number of hydrogen-bond donors (Lipinski definition) is 2. The Morgan fingerprint density at radius 3 is 2.95 bits per heavy atom. The standard InChI is InChI=1S/C12H17N5O2/c1-16-6-9-10(15-16)11(18)17(8-14-9)7-12(19)2-4-13-5-3-12/h6,8,13,19H,2-5,7H2,1H3. The van der Waals surface area contributed by atoms with Crippen LogP contribution in [0.5, 0.6) is 0 Å². The summed E-state index contributed by atoms with van der Waals surface area (Å²) in [5.41, 5.74) is -0.0969. The molecule has 0 aromatic carbocycles. The van der Waals surface area contributed by atoms with Crippen LogP contribution < -0.4 is 10.9 Å². The van der Waals surface area contributed by atoms with Gasteiger partial charge < -0.3 is 10.4 Å². The van der Waals surface area contributed by atoms with Crippen LogP contribution in [0.15, 0.2) is 17.3 Å². The van der Waals surface area contributed by atoms with E-state index in [0.717, 1.165) is 13.1 Å². The third kappa shape index (κ3) is 2.26. The number of nitrogens with one attached hydrogen (secondary N) is 1. The average Bonchev–Trinajstić information content (AvgIpc) is 2.75. The zero-order valence-corrected chi connectivity index (χ0v) is 10.8. The van der Waals surface area contributed by atoms with Gasteiger partial charge in [-0.1, -0.05) is 0 Å². The highest BCUT2D eigenvalue weighted by atomic mass is 16.3. The third-order valence-electron chi connectivity index (χ3n) is 3.61. The molecule has 2 aromatic heterocycles. The Kier molecular flexibility index (Phi) is 2.87. The minimum absolute atomic E-state index is 0.197. The lowest BCUT2D eigenvalue weighted by atomic mass is 9.92. The quantitative estimate of drug-likeness (QED) is 0.744. The minimum atomic E-state index is -0.834. The molecule has 3 rings (SSSR count). The summed E-state index contributed by atoms with van der Waals surface area (Å²) in [6.07, 6.45) is 4.48. The van der Waals surface area contributed by atoms with E-state index in [9.17, 15) is 9.90 Å². The molecule has 7 heteroatoms. The fourth-order valence-corrected chi connectivity index (χ4v) is 2.52. The molecule has 1 aliphatic rings. The lowest BCUT2D eigenvalue weighted by Gasteiger charge is -2.32. The maximum atomic E-state index is 12.3. The molecular weight excluding hydrogens is 246 g/mol. The van der Waals surface area contributed by atoms with Crippen molar-refractivity contribution in [3.05, 3.63) is 22.9 Å². The molecule has 0 amide bonds. The Morgan fingerprint density at radius 2 is 2.21 bits per heavy atom. The summed E-state index contributed by atoms with van der Waals surface area (Å²) in [6, 6.07) is 0. The van der Waals surface area contributed by atoms with Gasteiger partial charge in [0.1, 0.15) is 5.52 Å². The second kappa shape index (κ2) is 4.43. The van der Waals surface area contributed by atoms with Crippen LogP contribution in [-0.4, -0.2) is 43.1 Å². The zero-order valence-electron chi connectivity index (χ0n) is 10.8. The zero-order chi connectivity index (χ0) is 13.5. The normalized spacial score (nSPS) is 18.8. The van der Waals surface area contributed by atoms with Gasteiger partial charge >= 0.3 is 0 Å². The van der Waals surface area contributed by atoms with Crippen molar-refractivity contribution in [3.63, 3.8) is 0 Å². The molecule has 2 N–H and O–H groups in total. The number of fused-ring (bicyclic) bond motifs is 1. The van der Waals surface area contributed by atoms with Crippen molar-refractivity contribution in [1.82, 2.24) is 24.6 Å². The molecule has 19 heavy (non-hydrogen) atoms. The van der Waals surface area contributed by atoms with Crippen molar-refractivity contribution in [2.45, 2.75) is 25.0 Å². The summed E-state index contributed by atoms with van der Waals surface area (Å²) in [5.74, 6) is 0. The number of aromatic nitrogens is 4. The Hall–Kier alpha value is -1.73. The number of nitrogens with zero attached hydrogens (tertiary/aromatic N) is 4. The van der Waals surface area contributed by atoms with Gasteiger partial charge in [-0.3, -0.25) is 14.0 Å². The molecule has 1 fully saturated rings. The Morgan fingerprint density at radius 1 is 1.47 bits per heavy atom. The SMILES string of the molecule is Cn1cc2ncn(CC3(O)CCNCC3)c(=O)c2n1. The van der Waals surface area contributed by atoms with E-state index in [1.807, 2.05) is 0 Å². The molecule has 0 bridgehead atoms. The monoisotopic (exact) mass is 263 g/mol. The molecule has 7 nitrogen and oxygen atoms in total. The number of aliphatic hydroxyl groups is 1. The fourth-order valence-electron chi connectivity index (χ4n) is 2.52. The van der Waals surface area contributed by atoms with E-state index in [2.05, 4.69) is 15.4 Å². The van der Waals surface area contributed by atoms with Gasteiger partial charge in [0.15, 0.2) is 5.52 Å². The highest BCUT2D eigenvalue weighted by Gasteiger charge is 2.30. The van der Waals surface area contributed by atoms with Crippen molar-refractivity contribution in [2.24, 2.45) is 7.05 Å². The van der Waals surface area contributed by atoms with Crippen LogP contribution in [-0.2, 0) is 13.6 Å². The molecule has 0 radical (unpaired) electrons. The van der Waals surface area contributed by atoms with E-state index in [1.165, 1.54) is 10.9 Å². The summed E-state index contributed by atoms with van der Waals surface area (Å²) in [5, 5.41) is 17.8. The molecule has 0 aliphatic carbocycles. The third-order valence-corrected chi connectivity index (χ3v) is 3.61. The van der Waals surface area contributed by atoms with Crippen molar-refractivity contribution in [2.75, 3.05) is 13.1 Å². The first-order valence-corrected chi connectivity index (χ1v) is 6.39. The first kappa shape index (κ1) is 12.3. The van der Waals surface area contributed by atoms with Gasteiger partial charge in [-0.05, 0) is 25.9 Å². The summed E-state index contributed by atoms with van der Waals surface area (Å²) in [4.78, 5) is 16.5. The van der Waals surface area contributed by atoms with Crippen LogP contribution in [0.2, 0.25) is 0 Å². The van der Waals surface area contributed by atoms with Crippen molar-refractivity contribution in [1.29, 1.82) is 0 Å². The Balaban J connectivity index is 1.96. The lowest BCUT2D eigenvalue weighted by molar-refractivity contribution is -0.00628. The lowest BCUT2D eigenvalue weighted by Crippen LogP contribution is -2.46. The molecule has 0 saturated carbocycles. The van der Waals surface area contributed by atoms with E-state index in [4.69, 9.17) is 0 Å². The molecular formula is C12H17N5O2. The molecule has 1 aliphatic heterocycles. The predicted molar refractivity (Wildman–Crippen MR) is 69.8 cm³/mol. The van der Waals surface area contributed by atoms with Gasteiger partial charge in [-0.15, -0.1) is 0 Å². The highest BCUT2D eigenvalue weighted by Crippen LogP contribution is 2.19. The molecule has 2 aromatic rings. The Labute approximate surface area is 109 Å². The van der Waals surface area contributed by atoms with Crippen LogP contribution in [0.25, 0.3) is 11.0 Å². The first-order valence-electron chi connectivity index (χ1n) is 6.39. The maximum Gasteiger partial charge on any atom is 0.281 e. The largest absolute Gasteiger partial charge is 0.388 e. The van der Waals surface area contributed by atoms with Crippen LogP contribution >= 0.6 is 0 Å². The van der Waals surface area contributed by atoms with Crippen molar-refractivity contribution < 1.29 is 5.11 Å². The summed E-state index contributed by atoms with van der Waals surface area (Å²) >= 11 is 0. The second-order valence-electron chi connectivity index (χ2n) is 5.19. The van der Waals surface area contributed by atoms with E-state index < -0.39 is 5.60 Å².